The van der Waals surface area contributed by atoms with Crippen LogP contribution in [-0.4, -0.2) is 6.03 Å². The Hall–Kier alpha value is -1.74. The summed E-state index contributed by atoms with van der Waals surface area (Å²) in [5, 5.41) is 0.842. The number of nitrogens with one attached hydrogen (secondary N) is 1. The molecule has 2 amide bonds. The summed E-state index contributed by atoms with van der Waals surface area (Å²) in [5.74, 6) is 11.0. The molecule has 1 heterocycles. The predicted molar refractivity (Wildman–Crippen MR) is 79.1 cm³/mol. The van der Waals surface area contributed by atoms with E-state index in [0.717, 1.165) is 6.07 Å². The number of amides is 2. The summed E-state index contributed by atoms with van der Waals surface area (Å²) in [7, 11) is 0. The Balaban J connectivity index is 2.34. The van der Waals surface area contributed by atoms with E-state index in [9.17, 15) is 9.18 Å². The van der Waals surface area contributed by atoms with Crippen molar-refractivity contribution in [1.82, 2.24) is 5.43 Å². The molecule has 0 saturated carbocycles. The minimum atomic E-state index is -0.865. The van der Waals surface area contributed by atoms with Crippen molar-refractivity contribution in [3.8, 4) is 0 Å². The Bertz CT molecular complexity index is 638. The Morgan fingerprint density at radius 1 is 1.48 bits per heavy atom. The molecular weight excluding hydrogens is 319 g/mol. The van der Waals surface area contributed by atoms with Gasteiger partial charge >= 0.3 is 6.03 Å². The van der Waals surface area contributed by atoms with Gasteiger partial charge in [-0.1, -0.05) is 11.6 Å². The first-order valence-electron chi connectivity index (χ1n) is 5.73. The van der Waals surface area contributed by atoms with Crippen molar-refractivity contribution in [3.63, 3.8) is 0 Å². The lowest BCUT2D eigenvalue weighted by Crippen LogP contribution is -2.48. The minimum absolute atomic E-state index is 0.151. The third-order valence-corrected chi connectivity index (χ3v) is 4.11. The van der Waals surface area contributed by atoms with Crippen LogP contribution in [0.2, 0.25) is 5.02 Å². The summed E-state index contributed by atoms with van der Waals surface area (Å²) in [6, 6.07) is 5.15. The highest BCUT2D eigenvalue weighted by molar-refractivity contribution is 7.98. The third kappa shape index (κ3) is 3.48. The Morgan fingerprint density at radius 3 is 2.86 bits per heavy atom. The summed E-state index contributed by atoms with van der Waals surface area (Å²) in [4.78, 5) is 11.8. The maximum atomic E-state index is 14.0. The van der Waals surface area contributed by atoms with Crippen molar-refractivity contribution in [3.05, 3.63) is 47.1 Å². The van der Waals surface area contributed by atoms with Crippen molar-refractivity contribution in [1.29, 1.82) is 0 Å². The summed E-state index contributed by atoms with van der Waals surface area (Å²) in [6.45, 7) is 0. The van der Waals surface area contributed by atoms with Crippen LogP contribution in [0.15, 0.2) is 39.8 Å². The quantitative estimate of drug-likeness (QED) is 0.346. The van der Waals surface area contributed by atoms with Crippen LogP contribution in [0.5, 0.6) is 0 Å². The van der Waals surface area contributed by atoms with Gasteiger partial charge in [0, 0.05) is 0 Å². The van der Waals surface area contributed by atoms with Crippen LogP contribution in [0.25, 0.3) is 0 Å². The van der Waals surface area contributed by atoms with Crippen molar-refractivity contribution in [2.45, 2.75) is 10.6 Å². The zero-order valence-electron chi connectivity index (χ0n) is 10.7. The average molecular weight is 331 g/mol. The van der Waals surface area contributed by atoms with Crippen molar-refractivity contribution < 1.29 is 13.6 Å². The zero-order valence-corrected chi connectivity index (χ0v) is 12.2. The number of halogens is 2. The van der Waals surface area contributed by atoms with Gasteiger partial charge < -0.3 is 4.42 Å². The van der Waals surface area contributed by atoms with Gasteiger partial charge in [0.25, 0.3) is 0 Å². The molecule has 9 heteroatoms. The van der Waals surface area contributed by atoms with Gasteiger partial charge in [0.2, 0.25) is 0 Å². The van der Waals surface area contributed by atoms with E-state index < -0.39 is 11.8 Å². The minimum Gasteiger partial charge on any atom is -0.468 e. The van der Waals surface area contributed by atoms with Gasteiger partial charge in [-0.25, -0.2) is 25.9 Å². The summed E-state index contributed by atoms with van der Waals surface area (Å²) >= 11 is 7.26. The van der Waals surface area contributed by atoms with E-state index in [4.69, 9.17) is 27.7 Å². The maximum absolute atomic E-state index is 14.0. The van der Waals surface area contributed by atoms with Gasteiger partial charge in [-0.2, -0.15) is 0 Å². The van der Waals surface area contributed by atoms with E-state index in [1.165, 1.54) is 24.1 Å². The number of nitrogens with two attached hydrogens (primary N) is 2. The zero-order chi connectivity index (χ0) is 15.4. The van der Waals surface area contributed by atoms with Crippen LogP contribution < -0.4 is 22.1 Å². The molecule has 2 aromatic rings. The second-order valence-electron chi connectivity index (χ2n) is 3.89. The van der Waals surface area contributed by atoms with Gasteiger partial charge in [0.1, 0.15) is 17.3 Å². The number of hydrogen-bond donors (Lipinski definition) is 3. The molecule has 0 saturated heterocycles. The molecular formula is C12H12ClFN4O2S. The summed E-state index contributed by atoms with van der Waals surface area (Å²) in [5.41, 5.74) is 1.68. The molecule has 0 bridgehead atoms. The number of carbonyl (C=O) groups is 1. The van der Waals surface area contributed by atoms with E-state index in [2.05, 4.69) is 0 Å². The van der Waals surface area contributed by atoms with Crippen molar-refractivity contribution >= 4 is 35.1 Å². The molecule has 112 valence electrons. The molecule has 1 aromatic heterocycles. The highest BCUT2D eigenvalue weighted by atomic mass is 35.5. The molecule has 0 unspecified atom stereocenters. The number of thioether (sulfide) groups is 1. The predicted octanol–water partition coefficient (Wildman–Crippen LogP) is 2.63. The Labute approximate surface area is 129 Å². The van der Waals surface area contributed by atoms with Gasteiger partial charge in [0.15, 0.2) is 0 Å². The number of hydrogen-bond acceptors (Lipinski definition) is 5. The van der Waals surface area contributed by atoms with Crippen LogP contribution in [-0.2, 0) is 5.75 Å². The van der Waals surface area contributed by atoms with E-state index in [0.29, 0.717) is 21.4 Å². The molecule has 1 aromatic carbocycles. The number of urea groups is 1. The van der Waals surface area contributed by atoms with Gasteiger partial charge in [-0.15, -0.1) is 11.8 Å². The van der Waals surface area contributed by atoms with Crippen LogP contribution in [0.1, 0.15) is 5.76 Å². The van der Waals surface area contributed by atoms with Crippen LogP contribution in [0, 0.1) is 5.82 Å². The average Bonchev–Trinajstić information content (AvgIpc) is 2.99. The summed E-state index contributed by atoms with van der Waals surface area (Å²) < 4.78 is 19.2. The number of anilines is 1. The fourth-order valence-electron chi connectivity index (χ4n) is 1.59. The number of benzene rings is 1. The van der Waals surface area contributed by atoms with Crippen LogP contribution >= 0.6 is 23.4 Å². The van der Waals surface area contributed by atoms with Gasteiger partial charge in [-0.3, -0.25) is 5.43 Å². The molecule has 0 fully saturated rings. The lowest BCUT2D eigenvalue weighted by molar-refractivity contribution is 0.246. The molecule has 21 heavy (non-hydrogen) atoms. The Morgan fingerprint density at radius 2 is 2.24 bits per heavy atom. The molecule has 6 nitrogen and oxygen atoms in total. The lowest BCUT2D eigenvalue weighted by Gasteiger charge is -2.20. The lowest BCUT2D eigenvalue weighted by atomic mass is 10.3. The third-order valence-electron chi connectivity index (χ3n) is 2.56. The fourth-order valence-corrected chi connectivity index (χ4v) is 2.90. The van der Waals surface area contributed by atoms with E-state index in [1.54, 1.807) is 12.1 Å². The SMILES string of the molecule is NNC(=O)N(N)c1c(F)ccc(Cl)c1SCc1ccco1. The number of furan rings is 1. The molecule has 0 aliphatic heterocycles. The standard InChI is InChI=1S/C12H12ClFN4O2S/c13-8-3-4-9(14)10(18(16)12(19)17-15)11(8)21-6-7-2-1-5-20-7/h1-5H,6,15-16H2,(H,17,19). The molecule has 0 radical (unpaired) electrons. The first kappa shape index (κ1) is 15.6. The van der Waals surface area contributed by atoms with Gasteiger partial charge in [0.05, 0.1) is 21.9 Å². The molecule has 0 aliphatic carbocycles. The topological polar surface area (TPSA) is 97.5 Å². The maximum Gasteiger partial charge on any atom is 0.350 e. The second-order valence-corrected chi connectivity index (χ2v) is 5.29. The number of rotatable bonds is 4. The number of carbonyl (C=O) groups excluding carboxylic acids is 1. The first-order valence-corrected chi connectivity index (χ1v) is 7.09. The first-order chi connectivity index (χ1) is 10.0. The van der Waals surface area contributed by atoms with Crippen molar-refractivity contribution in [2.24, 2.45) is 11.7 Å². The Kier molecular flexibility index (Phi) is 5.07. The van der Waals surface area contributed by atoms with E-state index >= 15 is 0 Å². The smallest absolute Gasteiger partial charge is 0.350 e. The molecule has 0 atom stereocenters. The normalized spacial score (nSPS) is 10.5. The molecule has 0 aliphatic rings. The fraction of sp³-hybridized carbons (Fsp3) is 0.0833. The summed E-state index contributed by atoms with van der Waals surface area (Å²) in [6.07, 6.45) is 1.53. The van der Waals surface area contributed by atoms with E-state index in [1.807, 2.05) is 5.43 Å². The van der Waals surface area contributed by atoms with Gasteiger partial charge in [-0.05, 0) is 24.3 Å². The number of hydrazine groups is 2. The van der Waals surface area contributed by atoms with Crippen LogP contribution in [0.3, 0.4) is 0 Å². The molecule has 0 spiro atoms. The number of nitrogens with zero attached hydrogens (tertiary/aromatic N) is 1. The van der Waals surface area contributed by atoms with E-state index in [-0.39, 0.29) is 10.7 Å². The van der Waals surface area contributed by atoms with Crippen molar-refractivity contribution in [2.75, 3.05) is 5.01 Å². The molecule has 5 N–H and O–H groups in total. The molecule has 2 rings (SSSR count). The van der Waals surface area contributed by atoms with Crippen LogP contribution in [0.4, 0.5) is 14.9 Å². The highest BCUT2D eigenvalue weighted by Gasteiger charge is 2.22. The monoisotopic (exact) mass is 330 g/mol. The second kappa shape index (κ2) is 6.81. The highest BCUT2D eigenvalue weighted by Crippen LogP contribution is 2.39. The largest absolute Gasteiger partial charge is 0.468 e.